The van der Waals surface area contributed by atoms with Crippen LogP contribution in [0.5, 0.6) is 0 Å². The first-order chi connectivity index (χ1) is 9.82. The highest BCUT2D eigenvalue weighted by Gasteiger charge is 2.27. The topological polar surface area (TPSA) is 90.5 Å². The fraction of sp³-hybridized carbons (Fsp3) is 0.308. The SMILES string of the molecule is CC(Cc1cccs1)N(C)S(=O)(=O)c1c[nH]c(C(=O)O)c1. The molecule has 0 bridgehead atoms. The molecule has 6 nitrogen and oxygen atoms in total. The Morgan fingerprint density at radius 2 is 2.24 bits per heavy atom. The number of rotatable bonds is 6. The lowest BCUT2D eigenvalue weighted by molar-refractivity contribution is 0.0691. The number of thiophene rings is 1. The van der Waals surface area contributed by atoms with Gasteiger partial charge >= 0.3 is 5.97 Å². The smallest absolute Gasteiger partial charge is 0.352 e. The molecule has 21 heavy (non-hydrogen) atoms. The molecule has 0 saturated carbocycles. The predicted octanol–water partition coefficient (Wildman–Crippen LogP) is 2.03. The highest BCUT2D eigenvalue weighted by atomic mass is 32.2. The number of hydrogen-bond donors (Lipinski definition) is 2. The van der Waals surface area contributed by atoms with Crippen LogP contribution in [0.1, 0.15) is 22.3 Å². The number of sulfonamides is 1. The van der Waals surface area contributed by atoms with Gasteiger partial charge in [0.15, 0.2) is 0 Å². The second-order valence-corrected chi connectivity index (χ2v) is 7.74. The van der Waals surface area contributed by atoms with Crippen LogP contribution in [0.15, 0.2) is 34.7 Å². The van der Waals surface area contributed by atoms with Gasteiger partial charge in [0.2, 0.25) is 10.0 Å². The summed E-state index contributed by atoms with van der Waals surface area (Å²) in [4.78, 5) is 14.3. The van der Waals surface area contributed by atoms with E-state index < -0.39 is 16.0 Å². The summed E-state index contributed by atoms with van der Waals surface area (Å²) in [6.07, 6.45) is 1.82. The molecule has 0 fully saturated rings. The minimum absolute atomic E-state index is 0.0413. The zero-order chi connectivity index (χ0) is 15.6. The third kappa shape index (κ3) is 3.34. The standard InChI is InChI=1S/C13H16N2O4S2/c1-9(6-10-4-3-5-20-10)15(2)21(18,19)11-7-12(13(16)17)14-8-11/h3-5,7-9,14H,6H2,1-2H3,(H,16,17). The van der Waals surface area contributed by atoms with Gasteiger partial charge in [0, 0.05) is 24.2 Å². The van der Waals surface area contributed by atoms with Gasteiger partial charge in [0.25, 0.3) is 0 Å². The van der Waals surface area contributed by atoms with Crippen LogP contribution in [0.3, 0.4) is 0 Å². The molecule has 2 rings (SSSR count). The number of aromatic amines is 1. The minimum Gasteiger partial charge on any atom is -0.477 e. The molecule has 2 aromatic heterocycles. The van der Waals surface area contributed by atoms with E-state index in [0.29, 0.717) is 6.42 Å². The Morgan fingerprint density at radius 1 is 1.52 bits per heavy atom. The monoisotopic (exact) mass is 328 g/mol. The van der Waals surface area contributed by atoms with E-state index in [2.05, 4.69) is 4.98 Å². The summed E-state index contributed by atoms with van der Waals surface area (Å²) in [5.41, 5.74) is -0.145. The average molecular weight is 328 g/mol. The first-order valence-electron chi connectivity index (χ1n) is 6.24. The van der Waals surface area contributed by atoms with Crippen LogP contribution in [0.2, 0.25) is 0 Å². The van der Waals surface area contributed by atoms with Gasteiger partial charge in [-0.1, -0.05) is 6.07 Å². The quantitative estimate of drug-likeness (QED) is 0.849. The first kappa shape index (κ1) is 15.7. The second-order valence-electron chi connectivity index (χ2n) is 4.71. The van der Waals surface area contributed by atoms with Crippen LogP contribution < -0.4 is 0 Å². The Kier molecular flexibility index (Phi) is 4.50. The molecule has 1 atom stereocenters. The van der Waals surface area contributed by atoms with E-state index in [4.69, 9.17) is 5.11 Å². The van der Waals surface area contributed by atoms with Crippen molar-refractivity contribution in [2.24, 2.45) is 0 Å². The number of carbonyl (C=O) groups is 1. The number of aromatic carboxylic acids is 1. The molecule has 8 heteroatoms. The van der Waals surface area contributed by atoms with Crippen LogP contribution >= 0.6 is 11.3 Å². The number of carboxylic acids is 1. The Hall–Kier alpha value is -1.64. The van der Waals surface area contributed by atoms with Gasteiger partial charge in [-0.3, -0.25) is 0 Å². The summed E-state index contributed by atoms with van der Waals surface area (Å²) in [5.74, 6) is -1.19. The average Bonchev–Trinajstić information content (AvgIpc) is 3.08. The van der Waals surface area contributed by atoms with Crippen molar-refractivity contribution in [1.82, 2.24) is 9.29 Å². The largest absolute Gasteiger partial charge is 0.477 e. The summed E-state index contributed by atoms with van der Waals surface area (Å²) in [6.45, 7) is 1.82. The Labute approximate surface area is 127 Å². The number of likely N-dealkylation sites (N-methyl/N-ethyl adjacent to an activating group) is 1. The zero-order valence-electron chi connectivity index (χ0n) is 11.6. The van der Waals surface area contributed by atoms with Crippen molar-refractivity contribution in [3.8, 4) is 0 Å². The maximum atomic E-state index is 12.5. The molecule has 114 valence electrons. The molecule has 0 spiro atoms. The lowest BCUT2D eigenvalue weighted by atomic mass is 10.2. The van der Waals surface area contributed by atoms with Crippen molar-refractivity contribution in [2.45, 2.75) is 24.3 Å². The molecular formula is C13H16N2O4S2. The summed E-state index contributed by atoms with van der Waals surface area (Å²) in [7, 11) is -2.21. The van der Waals surface area contributed by atoms with Crippen molar-refractivity contribution in [3.05, 3.63) is 40.3 Å². The van der Waals surface area contributed by atoms with Crippen molar-refractivity contribution >= 4 is 27.3 Å². The minimum atomic E-state index is -3.71. The molecule has 2 heterocycles. The Balaban J connectivity index is 2.19. The fourth-order valence-corrected chi connectivity index (χ4v) is 4.08. The number of carboxylic acid groups (broad SMARTS) is 1. The van der Waals surface area contributed by atoms with Crippen LogP contribution in [0.4, 0.5) is 0 Å². The normalized spacial score (nSPS) is 13.5. The van der Waals surface area contributed by atoms with Gasteiger partial charge in [-0.05, 0) is 30.9 Å². The predicted molar refractivity (Wildman–Crippen MR) is 80.2 cm³/mol. The van der Waals surface area contributed by atoms with Gasteiger partial charge in [-0.2, -0.15) is 4.31 Å². The van der Waals surface area contributed by atoms with E-state index in [1.807, 2.05) is 24.4 Å². The molecule has 2 aromatic rings. The van der Waals surface area contributed by atoms with Gasteiger partial charge in [0.05, 0.1) is 0 Å². The first-order valence-corrected chi connectivity index (χ1v) is 8.56. The number of H-pyrrole nitrogens is 1. The summed E-state index contributed by atoms with van der Waals surface area (Å²) < 4.78 is 26.2. The second kappa shape index (κ2) is 6.00. The Morgan fingerprint density at radius 3 is 2.76 bits per heavy atom. The summed E-state index contributed by atoms with van der Waals surface area (Å²) in [6, 6.07) is 4.79. The third-order valence-electron chi connectivity index (χ3n) is 3.26. The number of nitrogens with zero attached hydrogens (tertiary/aromatic N) is 1. The van der Waals surface area contributed by atoms with Crippen molar-refractivity contribution in [2.75, 3.05) is 7.05 Å². The molecule has 0 aliphatic carbocycles. The summed E-state index contributed by atoms with van der Waals surface area (Å²) >= 11 is 1.58. The van der Waals surface area contributed by atoms with Crippen LogP contribution in [-0.4, -0.2) is 41.9 Å². The molecule has 1 unspecified atom stereocenters. The lowest BCUT2D eigenvalue weighted by Crippen LogP contribution is -2.36. The third-order valence-corrected chi connectivity index (χ3v) is 6.11. The van der Waals surface area contributed by atoms with Gasteiger partial charge < -0.3 is 10.1 Å². The van der Waals surface area contributed by atoms with E-state index >= 15 is 0 Å². The van der Waals surface area contributed by atoms with Crippen LogP contribution in [0.25, 0.3) is 0 Å². The van der Waals surface area contributed by atoms with Gasteiger partial charge in [-0.15, -0.1) is 11.3 Å². The fourth-order valence-electron chi connectivity index (χ4n) is 1.90. The lowest BCUT2D eigenvalue weighted by Gasteiger charge is -2.23. The van der Waals surface area contributed by atoms with E-state index in [9.17, 15) is 13.2 Å². The highest BCUT2D eigenvalue weighted by Crippen LogP contribution is 2.20. The molecule has 2 N–H and O–H groups in total. The number of hydrogen-bond acceptors (Lipinski definition) is 4. The van der Waals surface area contributed by atoms with E-state index in [1.54, 1.807) is 11.3 Å². The van der Waals surface area contributed by atoms with E-state index in [-0.39, 0.29) is 16.6 Å². The van der Waals surface area contributed by atoms with Gasteiger partial charge in [-0.25, -0.2) is 13.2 Å². The Bertz CT molecular complexity index is 719. The van der Waals surface area contributed by atoms with Crippen LogP contribution in [-0.2, 0) is 16.4 Å². The van der Waals surface area contributed by atoms with Crippen molar-refractivity contribution in [3.63, 3.8) is 0 Å². The van der Waals surface area contributed by atoms with E-state index in [0.717, 1.165) is 10.9 Å². The molecule has 0 radical (unpaired) electrons. The highest BCUT2D eigenvalue weighted by molar-refractivity contribution is 7.89. The number of nitrogens with one attached hydrogen (secondary N) is 1. The van der Waals surface area contributed by atoms with Crippen molar-refractivity contribution < 1.29 is 18.3 Å². The molecule has 0 saturated heterocycles. The molecule has 0 aliphatic heterocycles. The molecular weight excluding hydrogens is 312 g/mol. The maximum absolute atomic E-state index is 12.5. The van der Waals surface area contributed by atoms with Gasteiger partial charge in [0.1, 0.15) is 10.6 Å². The summed E-state index contributed by atoms with van der Waals surface area (Å²) in [5, 5.41) is 10.8. The number of aromatic nitrogens is 1. The zero-order valence-corrected chi connectivity index (χ0v) is 13.2. The van der Waals surface area contributed by atoms with Crippen molar-refractivity contribution in [1.29, 1.82) is 0 Å². The van der Waals surface area contributed by atoms with Crippen LogP contribution in [0, 0.1) is 0 Å². The van der Waals surface area contributed by atoms with E-state index in [1.165, 1.54) is 17.5 Å². The molecule has 0 aliphatic rings. The molecule has 0 amide bonds. The maximum Gasteiger partial charge on any atom is 0.352 e. The molecule has 0 aromatic carbocycles.